The molecule has 0 radical (unpaired) electrons. The fourth-order valence-corrected chi connectivity index (χ4v) is 2.73. The van der Waals surface area contributed by atoms with Crippen molar-refractivity contribution >= 4 is 28.4 Å². The highest BCUT2D eigenvalue weighted by Gasteiger charge is 2.12. The van der Waals surface area contributed by atoms with Gasteiger partial charge in [0, 0.05) is 13.0 Å². The van der Waals surface area contributed by atoms with Crippen molar-refractivity contribution in [2.75, 3.05) is 6.54 Å². The average molecular weight is 360 g/mol. The van der Waals surface area contributed by atoms with E-state index in [0.717, 1.165) is 5.69 Å². The van der Waals surface area contributed by atoms with E-state index in [1.807, 2.05) is 13.0 Å². The number of rotatable bonds is 5. The highest BCUT2D eigenvalue weighted by molar-refractivity contribution is 6.31. The number of nitrogens with zero attached hydrogens (tertiary/aromatic N) is 3. The largest absolute Gasteiger partial charge is 0.354 e. The number of nitrogens with one attached hydrogen (secondary N) is 2. The van der Waals surface area contributed by atoms with E-state index in [2.05, 4.69) is 20.4 Å². The van der Waals surface area contributed by atoms with Crippen LogP contribution in [0.25, 0.3) is 10.9 Å². The van der Waals surface area contributed by atoms with E-state index in [0.29, 0.717) is 40.4 Å². The monoisotopic (exact) mass is 359 g/mol. The van der Waals surface area contributed by atoms with Crippen molar-refractivity contribution in [1.82, 2.24) is 25.1 Å². The molecular formula is C17H18ClN5O2. The number of benzene rings is 1. The third-order valence-electron chi connectivity index (χ3n) is 3.93. The van der Waals surface area contributed by atoms with Gasteiger partial charge in [-0.2, -0.15) is 5.10 Å². The number of halogens is 1. The Balaban J connectivity index is 1.60. The molecule has 2 N–H and O–H groups in total. The van der Waals surface area contributed by atoms with Crippen LogP contribution in [0.5, 0.6) is 0 Å². The molecule has 0 atom stereocenters. The van der Waals surface area contributed by atoms with Crippen molar-refractivity contribution in [2.45, 2.75) is 26.8 Å². The lowest BCUT2D eigenvalue weighted by Crippen LogP contribution is -2.30. The molecule has 3 rings (SSSR count). The molecule has 0 saturated carbocycles. The number of amides is 1. The first-order valence-electron chi connectivity index (χ1n) is 7.90. The highest BCUT2D eigenvalue weighted by atomic mass is 35.5. The van der Waals surface area contributed by atoms with Crippen LogP contribution in [0.15, 0.2) is 29.1 Å². The zero-order valence-electron chi connectivity index (χ0n) is 14.0. The zero-order valence-corrected chi connectivity index (χ0v) is 14.7. The molecule has 0 saturated heterocycles. The van der Waals surface area contributed by atoms with Crippen molar-refractivity contribution in [1.29, 1.82) is 0 Å². The normalized spacial score (nSPS) is 11.0. The fraction of sp³-hybridized carbons (Fsp3) is 0.294. The molecule has 2 heterocycles. The van der Waals surface area contributed by atoms with E-state index < -0.39 is 0 Å². The molecule has 25 heavy (non-hydrogen) atoms. The first kappa shape index (κ1) is 17.2. The number of carbonyl (C=O) groups excluding carboxylic acids is 1. The van der Waals surface area contributed by atoms with Gasteiger partial charge in [0.15, 0.2) is 0 Å². The van der Waals surface area contributed by atoms with Crippen LogP contribution < -0.4 is 10.9 Å². The smallest absolute Gasteiger partial charge is 0.258 e. The summed E-state index contributed by atoms with van der Waals surface area (Å²) in [6.45, 7) is 4.08. The topological polar surface area (TPSA) is 92.7 Å². The second-order valence-corrected chi connectivity index (χ2v) is 6.15. The molecule has 1 amide bonds. The summed E-state index contributed by atoms with van der Waals surface area (Å²) in [4.78, 5) is 31.2. The third kappa shape index (κ3) is 3.71. The van der Waals surface area contributed by atoms with Gasteiger partial charge in [-0.05, 0) is 26.0 Å². The molecular weight excluding hydrogens is 342 g/mol. The number of aryl methyl sites for hydroxylation is 1. The third-order valence-corrected chi connectivity index (χ3v) is 4.48. The maximum absolute atomic E-state index is 12.0. The van der Waals surface area contributed by atoms with Crippen LogP contribution >= 0.6 is 11.6 Å². The molecule has 130 valence electrons. The lowest BCUT2D eigenvalue weighted by Gasteiger charge is -2.07. The van der Waals surface area contributed by atoms with Gasteiger partial charge in [0.05, 0.1) is 27.3 Å². The minimum atomic E-state index is -0.177. The summed E-state index contributed by atoms with van der Waals surface area (Å²) in [6.07, 6.45) is 0.434. The summed E-state index contributed by atoms with van der Waals surface area (Å²) < 4.78 is 1.57. The molecule has 1 aromatic carbocycles. The number of hydrogen-bond donors (Lipinski definition) is 2. The summed E-state index contributed by atoms with van der Waals surface area (Å²) in [5.74, 6) is 0.364. The maximum atomic E-state index is 12.0. The van der Waals surface area contributed by atoms with Gasteiger partial charge in [0.1, 0.15) is 12.4 Å². The zero-order chi connectivity index (χ0) is 18.0. The first-order chi connectivity index (χ1) is 12.0. The molecule has 0 unspecified atom stereocenters. The predicted octanol–water partition coefficient (Wildman–Crippen LogP) is 1.75. The van der Waals surface area contributed by atoms with Crippen LogP contribution in [-0.4, -0.2) is 32.2 Å². The van der Waals surface area contributed by atoms with Crippen molar-refractivity contribution < 1.29 is 4.79 Å². The lowest BCUT2D eigenvalue weighted by molar-refractivity contribution is -0.121. The number of fused-ring (bicyclic) bond motifs is 1. The Kier molecular flexibility index (Phi) is 4.85. The van der Waals surface area contributed by atoms with Gasteiger partial charge in [-0.3, -0.25) is 14.3 Å². The van der Waals surface area contributed by atoms with Crippen LogP contribution in [0.3, 0.4) is 0 Å². The van der Waals surface area contributed by atoms with E-state index in [9.17, 15) is 9.59 Å². The number of para-hydroxylation sites is 1. The highest BCUT2D eigenvalue weighted by Crippen LogP contribution is 2.18. The Labute approximate surface area is 149 Å². The summed E-state index contributed by atoms with van der Waals surface area (Å²) in [5.41, 5.74) is 1.92. The first-order valence-corrected chi connectivity index (χ1v) is 8.27. The van der Waals surface area contributed by atoms with Gasteiger partial charge in [-0.1, -0.05) is 23.7 Å². The van der Waals surface area contributed by atoms with E-state index in [4.69, 9.17) is 11.6 Å². The Morgan fingerprint density at radius 3 is 2.80 bits per heavy atom. The van der Waals surface area contributed by atoms with Crippen molar-refractivity contribution in [3.8, 4) is 0 Å². The van der Waals surface area contributed by atoms with E-state index in [1.54, 1.807) is 29.8 Å². The maximum Gasteiger partial charge on any atom is 0.258 e. The Bertz CT molecular complexity index is 992. The van der Waals surface area contributed by atoms with Crippen molar-refractivity contribution in [3.63, 3.8) is 0 Å². The standard InChI is InChI=1S/C17H18ClN5O2/c1-10-16(18)11(2)23(22-10)9-15(24)19-8-7-14-20-13-6-4-3-5-12(13)17(25)21-14/h3-6H,7-9H2,1-2H3,(H,19,24)(H,20,21,25). The lowest BCUT2D eigenvalue weighted by atomic mass is 10.2. The quantitative estimate of drug-likeness (QED) is 0.725. The van der Waals surface area contributed by atoms with Gasteiger partial charge in [0.2, 0.25) is 5.91 Å². The molecule has 7 nitrogen and oxygen atoms in total. The number of hydrogen-bond acceptors (Lipinski definition) is 4. The second-order valence-electron chi connectivity index (χ2n) is 5.77. The van der Waals surface area contributed by atoms with E-state index in [-0.39, 0.29) is 18.0 Å². The van der Waals surface area contributed by atoms with E-state index in [1.165, 1.54) is 0 Å². The van der Waals surface area contributed by atoms with Crippen LogP contribution in [0.4, 0.5) is 0 Å². The van der Waals surface area contributed by atoms with Gasteiger partial charge in [-0.15, -0.1) is 0 Å². The van der Waals surface area contributed by atoms with Crippen LogP contribution in [0.2, 0.25) is 5.02 Å². The fourth-order valence-electron chi connectivity index (χ4n) is 2.59. The van der Waals surface area contributed by atoms with Crippen molar-refractivity contribution in [3.05, 3.63) is 56.9 Å². The molecule has 2 aromatic heterocycles. The molecule has 0 spiro atoms. The number of aromatic nitrogens is 4. The predicted molar refractivity (Wildman–Crippen MR) is 95.8 cm³/mol. The summed E-state index contributed by atoms with van der Waals surface area (Å²) in [5, 5.41) is 8.15. The number of aromatic amines is 1. The van der Waals surface area contributed by atoms with Gasteiger partial charge in [-0.25, -0.2) is 4.98 Å². The molecule has 0 aliphatic rings. The Morgan fingerprint density at radius 1 is 1.32 bits per heavy atom. The van der Waals surface area contributed by atoms with Gasteiger partial charge in [0.25, 0.3) is 5.56 Å². The number of H-pyrrole nitrogens is 1. The van der Waals surface area contributed by atoms with Gasteiger partial charge >= 0.3 is 0 Å². The Hall–Kier alpha value is -2.67. The molecule has 8 heteroatoms. The average Bonchev–Trinajstić information content (AvgIpc) is 2.82. The molecule has 0 fully saturated rings. The molecule has 0 bridgehead atoms. The molecule has 0 aliphatic heterocycles. The second kappa shape index (κ2) is 7.06. The van der Waals surface area contributed by atoms with Crippen LogP contribution in [0, 0.1) is 13.8 Å². The summed E-state index contributed by atoms with van der Waals surface area (Å²) in [6, 6.07) is 7.15. The minimum Gasteiger partial charge on any atom is -0.354 e. The minimum absolute atomic E-state index is 0.0983. The molecule has 3 aromatic rings. The molecule has 0 aliphatic carbocycles. The van der Waals surface area contributed by atoms with E-state index >= 15 is 0 Å². The van der Waals surface area contributed by atoms with Crippen LogP contribution in [0.1, 0.15) is 17.2 Å². The van der Waals surface area contributed by atoms with Gasteiger partial charge < -0.3 is 10.3 Å². The van der Waals surface area contributed by atoms with Crippen LogP contribution in [-0.2, 0) is 17.8 Å². The van der Waals surface area contributed by atoms with Crippen molar-refractivity contribution in [2.24, 2.45) is 0 Å². The Morgan fingerprint density at radius 2 is 2.08 bits per heavy atom. The summed E-state index contributed by atoms with van der Waals surface area (Å²) in [7, 11) is 0. The SMILES string of the molecule is Cc1nn(CC(=O)NCCc2nc3ccccc3c(=O)[nH]2)c(C)c1Cl. The summed E-state index contributed by atoms with van der Waals surface area (Å²) >= 11 is 6.07. The number of carbonyl (C=O) groups is 1.